The summed E-state index contributed by atoms with van der Waals surface area (Å²) in [5.41, 5.74) is 6.77. The number of hydrogen-bond donors (Lipinski definition) is 2. The predicted molar refractivity (Wildman–Crippen MR) is 146 cm³/mol. The van der Waals surface area contributed by atoms with E-state index in [-0.39, 0.29) is 5.25 Å². The number of para-hydroxylation sites is 1. The number of benzene rings is 1. The highest BCUT2D eigenvalue weighted by molar-refractivity contribution is 8.01. The Morgan fingerprint density at radius 2 is 1.59 bits per heavy atom. The average Bonchev–Trinajstić information content (AvgIpc) is 3.37. The molecule has 3 N–H and O–H groups in total. The van der Waals surface area contributed by atoms with Gasteiger partial charge in [-0.05, 0) is 49.7 Å². The maximum atomic E-state index is 5.66. The van der Waals surface area contributed by atoms with Crippen molar-refractivity contribution < 1.29 is 14.2 Å². The number of ether oxygens (including phenoxy) is 3. The summed E-state index contributed by atoms with van der Waals surface area (Å²) in [5, 5.41) is 9.02. The molecule has 3 aromatic heterocycles. The Kier molecular flexibility index (Phi) is 10.0. The Morgan fingerprint density at radius 1 is 0.946 bits per heavy atom. The molecular weight excluding hydrogens is 492 g/mol. The van der Waals surface area contributed by atoms with Crippen LogP contribution >= 0.6 is 11.9 Å². The Bertz CT molecular complexity index is 1260. The Hall–Kier alpha value is -3.90. The molecule has 4 rings (SSSR count). The fraction of sp³-hybridized carbons (Fsp3) is 0.320. The molecule has 0 saturated carbocycles. The molecule has 0 aliphatic carbocycles. The lowest BCUT2D eigenvalue weighted by molar-refractivity contribution is 0.391. The number of nitrogens with one attached hydrogen (secondary N) is 1. The van der Waals surface area contributed by atoms with Gasteiger partial charge in [0.25, 0.3) is 0 Å². The molecule has 11 nitrogen and oxygen atoms in total. The maximum absolute atomic E-state index is 5.66. The van der Waals surface area contributed by atoms with E-state index >= 15 is 0 Å². The molecule has 0 spiro atoms. The van der Waals surface area contributed by atoms with Crippen LogP contribution in [0, 0.1) is 6.92 Å². The monoisotopic (exact) mass is 524 g/mol. The van der Waals surface area contributed by atoms with E-state index in [0.717, 1.165) is 11.4 Å². The van der Waals surface area contributed by atoms with Crippen molar-refractivity contribution >= 4 is 17.9 Å². The largest absolute Gasteiger partial charge is 0.494 e. The Morgan fingerprint density at radius 3 is 2.22 bits per heavy atom. The van der Waals surface area contributed by atoms with Gasteiger partial charge in [0.15, 0.2) is 5.82 Å². The normalized spacial score (nSPS) is 11.2. The van der Waals surface area contributed by atoms with Crippen molar-refractivity contribution in [2.75, 3.05) is 33.1 Å². The van der Waals surface area contributed by atoms with Crippen LogP contribution in [0.25, 0.3) is 17.2 Å². The van der Waals surface area contributed by atoms with Crippen molar-refractivity contribution in [3.63, 3.8) is 0 Å². The van der Waals surface area contributed by atoms with Crippen LogP contribution in [0.15, 0.2) is 48.8 Å². The minimum atomic E-state index is 0.154. The Balaban J connectivity index is 0.00000186. The van der Waals surface area contributed by atoms with Crippen molar-refractivity contribution in [2.24, 2.45) is 5.73 Å². The molecule has 3 heterocycles. The van der Waals surface area contributed by atoms with E-state index < -0.39 is 0 Å². The van der Waals surface area contributed by atoms with Crippen molar-refractivity contribution in [1.29, 1.82) is 0 Å². The van der Waals surface area contributed by atoms with E-state index in [9.17, 15) is 0 Å². The summed E-state index contributed by atoms with van der Waals surface area (Å²) in [5.74, 6) is 3.45. The molecular formula is C25H32N8O3S. The third-order valence-corrected chi connectivity index (χ3v) is 5.98. The number of pyridine rings is 1. The molecule has 1 atom stereocenters. The molecule has 1 unspecified atom stereocenters. The molecule has 0 saturated heterocycles. The van der Waals surface area contributed by atoms with Gasteiger partial charge in [0.2, 0.25) is 11.8 Å². The highest BCUT2D eigenvalue weighted by Crippen LogP contribution is 2.38. The van der Waals surface area contributed by atoms with E-state index in [1.165, 1.54) is 19.0 Å². The third kappa shape index (κ3) is 6.66. The lowest BCUT2D eigenvalue weighted by Crippen LogP contribution is -2.11. The summed E-state index contributed by atoms with van der Waals surface area (Å²) in [6, 6.07) is 11.0. The van der Waals surface area contributed by atoms with Gasteiger partial charge in [0.05, 0.1) is 21.3 Å². The van der Waals surface area contributed by atoms with Crippen molar-refractivity contribution in [1.82, 2.24) is 29.7 Å². The average molecular weight is 525 g/mol. The van der Waals surface area contributed by atoms with Crippen LogP contribution in [-0.2, 0) is 6.42 Å². The van der Waals surface area contributed by atoms with Crippen LogP contribution < -0.4 is 24.7 Å². The summed E-state index contributed by atoms with van der Waals surface area (Å²) in [6.07, 6.45) is 4.34. The van der Waals surface area contributed by atoms with E-state index in [0.29, 0.717) is 47.0 Å². The number of nitrogens with zero attached hydrogens (tertiary/aromatic N) is 6. The zero-order valence-corrected chi connectivity index (χ0v) is 22.6. The fourth-order valence-electron chi connectivity index (χ4n) is 3.41. The summed E-state index contributed by atoms with van der Waals surface area (Å²) < 4.78 is 21.8. The molecule has 1 aromatic carbocycles. The molecule has 0 radical (unpaired) electrons. The molecule has 0 fully saturated rings. The second-order valence-electron chi connectivity index (χ2n) is 7.67. The van der Waals surface area contributed by atoms with Crippen molar-refractivity contribution in [3.8, 4) is 34.6 Å². The minimum Gasteiger partial charge on any atom is -0.494 e. The number of nitrogens with two attached hydrogens (primary N) is 1. The van der Waals surface area contributed by atoms with Crippen molar-refractivity contribution in [2.45, 2.75) is 25.5 Å². The number of hydrogen-bond acceptors (Lipinski definition) is 11. The van der Waals surface area contributed by atoms with Gasteiger partial charge in [0.1, 0.15) is 28.7 Å². The zero-order valence-electron chi connectivity index (χ0n) is 21.8. The first kappa shape index (κ1) is 27.7. The SMILES string of the molecule is CN.COc1cccc(-c2nnc(NSC(C)Cc3ncc(C)cn3)n2-c2c(OC)cccc2OC)n1. The number of anilines is 1. The lowest BCUT2D eigenvalue weighted by atomic mass is 10.2. The second kappa shape index (κ2) is 13.4. The number of aryl methyl sites for hydroxylation is 1. The van der Waals surface area contributed by atoms with Gasteiger partial charge in [-0.15, -0.1) is 10.2 Å². The predicted octanol–water partition coefficient (Wildman–Crippen LogP) is 3.72. The molecule has 0 aliphatic heterocycles. The standard InChI is InChI=1S/C24H27N7O3S.CH5N/c1-15-13-25-20(26-14-15)12-16(2)35-30-24-29-28-23(17-8-6-11-21(27-17)34-5)31(24)22-18(32-3)9-7-10-19(22)33-4;1-2/h6-11,13-14,16H,12H2,1-5H3,(H,29,30);2H2,1H3. The van der Waals surface area contributed by atoms with Crippen LogP contribution in [0.1, 0.15) is 18.3 Å². The van der Waals surface area contributed by atoms with Crippen LogP contribution in [0.3, 0.4) is 0 Å². The van der Waals surface area contributed by atoms with Gasteiger partial charge in [-0.2, -0.15) is 0 Å². The second-order valence-corrected chi connectivity index (χ2v) is 8.91. The van der Waals surface area contributed by atoms with Gasteiger partial charge in [-0.3, -0.25) is 9.29 Å². The number of rotatable bonds is 10. The number of methoxy groups -OCH3 is 3. The number of aromatic nitrogens is 6. The smallest absolute Gasteiger partial charge is 0.239 e. The zero-order chi connectivity index (χ0) is 26.8. The molecule has 4 aromatic rings. The van der Waals surface area contributed by atoms with Gasteiger partial charge in [-0.1, -0.05) is 19.1 Å². The quantitative estimate of drug-likeness (QED) is 0.294. The van der Waals surface area contributed by atoms with Gasteiger partial charge in [-0.25, -0.2) is 15.0 Å². The van der Waals surface area contributed by atoms with E-state index in [1.807, 2.05) is 54.2 Å². The summed E-state index contributed by atoms with van der Waals surface area (Å²) >= 11 is 1.50. The Labute approximate surface area is 221 Å². The molecule has 12 heteroatoms. The highest BCUT2D eigenvalue weighted by Gasteiger charge is 2.24. The topological polar surface area (TPSA) is 135 Å². The van der Waals surface area contributed by atoms with Crippen LogP contribution in [0.2, 0.25) is 0 Å². The van der Waals surface area contributed by atoms with Crippen LogP contribution in [0.4, 0.5) is 5.95 Å². The molecule has 196 valence electrons. The maximum Gasteiger partial charge on any atom is 0.239 e. The summed E-state index contributed by atoms with van der Waals surface area (Å²) in [4.78, 5) is 13.4. The third-order valence-electron chi connectivity index (χ3n) is 5.11. The lowest BCUT2D eigenvalue weighted by Gasteiger charge is -2.18. The van der Waals surface area contributed by atoms with Gasteiger partial charge in [0, 0.05) is 30.1 Å². The minimum absolute atomic E-state index is 0.154. The molecule has 37 heavy (non-hydrogen) atoms. The van der Waals surface area contributed by atoms with Crippen LogP contribution in [0.5, 0.6) is 17.4 Å². The van der Waals surface area contributed by atoms with Crippen molar-refractivity contribution in [3.05, 3.63) is 60.2 Å². The summed E-state index contributed by atoms with van der Waals surface area (Å²) in [7, 11) is 6.29. The fourth-order valence-corrected chi connectivity index (χ4v) is 4.08. The summed E-state index contributed by atoms with van der Waals surface area (Å²) in [6.45, 7) is 4.06. The highest BCUT2D eigenvalue weighted by atomic mass is 32.2. The van der Waals surface area contributed by atoms with Crippen LogP contribution in [-0.4, -0.2) is 63.3 Å². The van der Waals surface area contributed by atoms with E-state index in [1.54, 1.807) is 27.4 Å². The van der Waals surface area contributed by atoms with Gasteiger partial charge < -0.3 is 19.9 Å². The van der Waals surface area contributed by atoms with E-state index in [2.05, 4.69) is 42.5 Å². The first-order valence-electron chi connectivity index (χ1n) is 11.5. The molecule has 0 bridgehead atoms. The van der Waals surface area contributed by atoms with E-state index in [4.69, 9.17) is 14.2 Å². The van der Waals surface area contributed by atoms with Gasteiger partial charge >= 0.3 is 0 Å². The molecule has 0 aliphatic rings. The first-order valence-corrected chi connectivity index (χ1v) is 12.4. The molecule has 0 amide bonds. The first-order chi connectivity index (χ1) is 18.0.